The number of carbonyl (C=O) groups is 2. The van der Waals surface area contributed by atoms with Gasteiger partial charge in [0.2, 0.25) is 0 Å². The molecule has 62 valence electrons. The smallest absolute Gasteiger partial charge is 0.333 e. The molecule has 0 amide bonds. The summed E-state index contributed by atoms with van der Waals surface area (Å²) in [5, 5.41) is -0.695. The molecule has 4 heteroatoms. The van der Waals surface area contributed by atoms with E-state index in [0.717, 1.165) is 0 Å². The Morgan fingerprint density at radius 2 is 2.00 bits per heavy atom. The molecule has 0 N–H and O–H groups in total. The third kappa shape index (κ3) is 3.78. The zero-order valence-electron chi connectivity index (χ0n) is 6.39. The van der Waals surface area contributed by atoms with Crippen LogP contribution in [0.1, 0.15) is 13.8 Å². The van der Waals surface area contributed by atoms with Gasteiger partial charge in [-0.15, -0.1) is 0 Å². The van der Waals surface area contributed by atoms with Crippen LogP contribution in [0.5, 0.6) is 0 Å². The molecular formula is C7H9ClO3. The van der Waals surface area contributed by atoms with Crippen LogP contribution in [-0.4, -0.2) is 17.3 Å². The molecule has 0 radical (unpaired) electrons. The summed E-state index contributed by atoms with van der Waals surface area (Å²) in [6, 6.07) is 0. The summed E-state index contributed by atoms with van der Waals surface area (Å²) in [5.41, 5.74) is 0.245. The van der Waals surface area contributed by atoms with E-state index in [1.807, 2.05) is 0 Å². The normalized spacial score (nSPS) is 11.9. The van der Waals surface area contributed by atoms with Gasteiger partial charge in [0.1, 0.15) is 0 Å². The van der Waals surface area contributed by atoms with E-state index in [2.05, 4.69) is 11.3 Å². The molecule has 0 aliphatic rings. The predicted octanol–water partition coefficient (Wildman–Crippen LogP) is 1.26. The molecule has 0 bridgehead atoms. The van der Waals surface area contributed by atoms with Gasteiger partial charge in [-0.1, -0.05) is 6.58 Å². The van der Waals surface area contributed by atoms with Crippen molar-refractivity contribution in [2.24, 2.45) is 0 Å². The first-order chi connectivity index (χ1) is 4.95. The maximum atomic E-state index is 10.7. The third-order valence-electron chi connectivity index (χ3n) is 0.952. The molecule has 0 rings (SSSR count). The van der Waals surface area contributed by atoms with E-state index in [1.54, 1.807) is 0 Å². The Kier molecular flexibility index (Phi) is 3.82. The van der Waals surface area contributed by atoms with Gasteiger partial charge < -0.3 is 4.74 Å². The van der Waals surface area contributed by atoms with E-state index in [-0.39, 0.29) is 5.57 Å². The van der Waals surface area contributed by atoms with Crippen LogP contribution in [-0.2, 0) is 14.3 Å². The number of hydrogen-bond acceptors (Lipinski definition) is 3. The number of ether oxygens (including phenoxy) is 1. The molecule has 0 saturated carbocycles. The van der Waals surface area contributed by atoms with Crippen LogP contribution in [0.25, 0.3) is 0 Å². The van der Waals surface area contributed by atoms with Crippen molar-refractivity contribution in [1.29, 1.82) is 0 Å². The zero-order valence-corrected chi connectivity index (χ0v) is 7.14. The summed E-state index contributed by atoms with van der Waals surface area (Å²) < 4.78 is 4.55. The van der Waals surface area contributed by atoms with Gasteiger partial charge in [-0.3, -0.25) is 4.79 Å². The summed E-state index contributed by atoms with van der Waals surface area (Å²) in [6.07, 6.45) is -0.902. The van der Waals surface area contributed by atoms with Crippen molar-refractivity contribution in [3.05, 3.63) is 12.2 Å². The highest BCUT2D eigenvalue weighted by Gasteiger charge is 2.14. The van der Waals surface area contributed by atoms with Gasteiger partial charge in [0.15, 0.2) is 6.10 Å². The number of hydrogen-bond donors (Lipinski definition) is 0. The molecule has 0 aliphatic heterocycles. The minimum absolute atomic E-state index is 0.245. The van der Waals surface area contributed by atoms with Gasteiger partial charge in [-0.05, 0) is 25.4 Å². The largest absolute Gasteiger partial charge is 0.450 e. The maximum Gasteiger partial charge on any atom is 0.333 e. The van der Waals surface area contributed by atoms with Crippen molar-refractivity contribution in [1.82, 2.24) is 0 Å². The molecule has 0 aromatic rings. The van der Waals surface area contributed by atoms with Crippen molar-refractivity contribution < 1.29 is 14.3 Å². The Morgan fingerprint density at radius 1 is 1.55 bits per heavy atom. The average molecular weight is 177 g/mol. The molecule has 3 nitrogen and oxygen atoms in total. The number of halogens is 1. The van der Waals surface area contributed by atoms with Gasteiger partial charge in [0, 0.05) is 5.57 Å². The lowest BCUT2D eigenvalue weighted by molar-refractivity contribution is -0.147. The topological polar surface area (TPSA) is 43.4 Å². The molecule has 0 heterocycles. The van der Waals surface area contributed by atoms with E-state index in [1.165, 1.54) is 13.8 Å². The Hall–Kier alpha value is -0.830. The van der Waals surface area contributed by atoms with E-state index >= 15 is 0 Å². The molecular weight excluding hydrogens is 168 g/mol. The summed E-state index contributed by atoms with van der Waals surface area (Å²) in [7, 11) is 0. The van der Waals surface area contributed by atoms with Crippen molar-refractivity contribution in [3.8, 4) is 0 Å². The molecule has 1 atom stereocenters. The van der Waals surface area contributed by atoms with E-state index < -0.39 is 17.3 Å². The monoisotopic (exact) mass is 176 g/mol. The Balaban J connectivity index is 3.95. The van der Waals surface area contributed by atoms with Gasteiger partial charge in [-0.25, -0.2) is 4.79 Å². The Labute approximate surface area is 70.0 Å². The van der Waals surface area contributed by atoms with Crippen molar-refractivity contribution in [2.45, 2.75) is 20.0 Å². The minimum Gasteiger partial charge on any atom is -0.450 e. The quantitative estimate of drug-likeness (QED) is 0.369. The number of esters is 1. The van der Waals surface area contributed by atoms with E-state index in [0.29, 0.717) is 0 Å². The Morgan fingerprint density at radius 3 is 2.27 bits per heavy atom. The summed E-state index contributed by atoms with van der Waals surface area (Å²) in [4.78, 5) is 21.1. The second kappa shape index (κ2) is 4.13. The van der Waals surface area contributed by atoms with Crippen molar-refractivity contribution in [2.75, 3.05) is 0 Å². The highest BCUT2D eigenvalue weighted by Crippen LogP contribution is 2.00. The average Bonchev–Trinajstić information content (AvgIpc) is 1.87. The van der Waals surface area contributed by atoms with Crippen LogP contribution >= 0.6 is 11.6 Å². The van der Waals surface area contributed by atoms with Crippen molar-refractivity contribution >= 4 is 22.8 Å². The molecule has 0 saturated heterocycles. The molecule has 0 aromatic heterocycles. The fourth-order valence-corrected chi connectivity index (χ4v) is 0.352. The minimum atomic E-state index is -0.902. The van der Waals surface area contributed by atoms with Crippen molar-refractivity contribution in [3.63, 3.8) is 0 Å². The van der Waals surface area contributed by atoms with E-state index in [4.69, 9.17) is 11.6 Å². The lowest BCUT2D eigenvalue weighted by atomic mass is 10.3. The van der Waals surface area contributed by atoms with Crippen LogP contribution in [0.2, 0.25) is 0 Å². The molecule has 0 spiro atoms. The molecule has 11 heavy (non-hydrogen) atoms. The molecule has 0 fully saturated rings. The first-order valence-electron chi connectivity index (χ1n) is 3.01. The van der Waals surface area contributed by atoms with Crippen LogP contribution < -0.4 is 0 Å². The van der Waals surface area contributed by atoms with Crippen LogP contribution in [0, 0.1) is 0 Å². The summed E-state index contributed by atoms with van der Waals surface area (Å²) in [5.74, 6) is -0.605. The van der Waals surface area contributed by atoms with Crippen LogP contribution in [0.3, 0.4) is 0 Å². The van der Waals surface area contributed by atoms with Gasteiger partial charge in [0.05, 0.1) is 0 Å². The summed E-state index contributed by atoms with van der Waals surface area (Å²) in [6.45, 7) is 6.23. The SMILES string of the molecule is C=C(C)C(=O)OC(C)C(=O)Cl. The third-order valence-corrected chi connectivity index (χ3v) is 1.26. The first kappa shape index (κ1) is 10.2. The van der Waals surface area contributed by atoms with Gasteiger partial charge in [-0.2, -0.15) is 0 Å². The second-order valence-corrected chi connectivity index (χ2v) is 2.50. The predicted molar refractivity (Wildman–Crippen MR) is 41.2 cm³/mol. The fraction of sp³-hybridized carbons (Fsp3) is 0.429. The standard InChI is InChI=1S/C7H9ClO3/c1-4(2)7(10)11-5(3)6(8)9/h5H,1H2,2-3H3. The number of carbonyl (C=O) groups excluding carboxylic acids is 2. The zero-order chi connectivity index (χ0) is 9.02. The van der Waals surface area contributed by atoms with Gasteiger partial charge >= 0.3 is 5.97 Å². The summed E-state index contributed by atoms with van der Waals surface area (Å²) >= 11 is 5.03. The van der Waals surface area contributed by atoms with Gasteiger partial charge in [0.25, 0.3) is 5.24 Å². The molecule has 1 unspecified atom stereocenters. The lowest BCUT2D eigenvalue weighted by Crippen LogP contribution is -2.20. The Bertz CT molecular complexity index is 198. The highest BCUT2D eigenvalue weighted by atomic mass is 35.5. The van der Waals surface area contributed by atoms with E-state index in [9.17, 15) is 9.59 Å². The number of rotatable bonds is 3. The maximum absolute atomic E-state index is 10.7. The molecule has 0 aliphatic carbocycles. The highest BCUT2D eigenvalue weighted by molar-refractivity contribution is 6.64. The molecule has 0 aromatic carbocycles. The fourth-order valence-electron chi connectivity index (χ4n) is 0.307. The second-order valence-electron chi connectivity index (χ2n) is 2.13. The first-order valence-corrected chi connectivity index (χ1v) is 3.38. The van der Waals surface area contributed by atoms with Crippen LogP contribution in [0.15, 0.2) is 12.2 Å². The van der Waals surface area contributed by atoms with Crippen LogP contribution in [0.4, 0.5) is 0 Å². The lowest BCUT2D eigenvalue weighted by Gasteiger charge is -2.07.